The van der Waals surface area contributed by atoms with Crippen LogP contribution in [0.1, 0.15) is 37.7 Å². The number of para-hydroxylation sites is 1. The van der Waals surface area contributed by atoms with E-state index in [0.717, 1.165) is 31.7 Å². The summed E-state index contributed by atoms with van der Waals surface area (Å²) < 4.78 is 39.2. The van der Waals surface area contributed by atoms with E-state index in [-0.39, 0.29) is 17.5 Å². The lowest BCUT2D eigenvalue weighted by molar-refractivity contribution is -0.137. The highest BCUT2D eigenvalue weighted by Gasteiger charge is 2.37. The first kappa shape index (κ1) is 19.5. The van der Waals surface area contributed by atoms with Crippen molar-refractivity contribution < 1.29 is 22.8 Å². The van der Waals surface area contributed by atoms with Crippen LogP contribution in [0.15, 0.2) is 24.3 Å². The lowest BCUT2D eigenvalue weighted by atomic mass is 10.1. The summed E-state index contributed by atoms with van der Waals surface area (Å²) in [5.41, 5.74) is -1.15. The van der Waals surface area contributed by atoms with Crippen molar-refractivity contribution in [3.63, 3.8) is 0 Å². The van der Waals surface area contributed by atoms with Crippen LogP contribution in [0.3, 0.4) is 0 Å². The number of urea groups is 1. The Labute approximate surface area is 156 Å². The molecule has 3 amide bonds. The van der Waals surface area contributed by atoms with Crippen LogP contribution in [0.5, 0.6) is 0 Å². The lowest BCUT2D eigenvalue weighted by Gasteiger charge is -2.25. The van der Waals surface area contributed by atoms with E-state index in [0.29, 0.717) is 25.6 Å². The van der Waals surface area contributed by atoms with Crippen molar-refractivity contribution in [2.24, 2.45) is 5.92 Å². The van der Waals surface area contributed by atoms with Gasteiger partial charge >= 0.3 is 12.2 Å². The second-order valence-electron chi connectivity index (χ2n) is 7.41. The molecule has 148 valence electrons. The van der Waals surface area contributed by atoms with Gasteiger partial charge in [-0.25, -0.2) is 4.79 Å². The molecule has 1 heterocycles. The van der Waals surface area contributed by atoms with Gasteiger partial charge in [0.2, 0.25) is 5.91 Å². The molecule has 1 aliphatic heterocycles. The molecule has 0 aromatic heterocycles. The van der Waals surface area contributed by atoms with Gasteiger partial charge in [0.05, 0.1) is 11.3 Å². The van der Waals surface area contributed by atoms with Crippen molar-refractivity contribution >= 4 is 17.6 Å². The summed E-state index contributed by atoms with van der Waals surface area (Å²) in [6, 6.07) is 4.59. The summed E-state index contributed by atoms with van der Waals surface area (Å²) in [5.74, 6) is 0.120. The molecule has 5 nitrogen and oxygen atoms in total. The molecule has 1 aromatic carbocycles. The van der Waals surface area contributed by atoms with Gasteiger partial charge in [-0.05, 0) is 25.0 Å². The van der Waals surface area contributed by atoms with Crippen molar-refractivity contribution in [1.29, 1.82) is 0 Å². The van der Waals surface area contributed by atoms with Crippen LogP contribution in [-0.4, -0.2) is 47.9 Å². The SMILES string of the molecule is CN(CC1CC(=O)N(C2CCCC2)C1)C(=O)Nc1ccccc1C(F)(F)F. The van der Waals surface area contributed by atoms with E-state index in [2.05, 4.69) is 5.32 Å². The molecule has 0 spiro atoms. The summed E-state index contributed by atoms with van der Waals surface area (Å²) in [4.78, 5) is 27.9. The largest absolute Gasteiger partial charge is 0.418 e. The Bertz CT molecular complexity index is 702. The Morgan fingerprint density at radius 3 is 2.59 bits per heavy atom. The zero-order chi connectivity index (χ0) is 19.6. The number of halogens is 3. The van der Waals surface area contributed by atoms with Gasteiger partial charge in [0.1, 0.15) is 0 Å². The van der Waals surface area contributed by atoms with Gasteiger partial charge in [-0.2, -0.15) is 13.2 Å². The number of alkyl halides is 3. The quantitative estimate of drug-likeness (QED) is 0.856. The maximum atomic E-state index is 13.1. The molecule has 1 atom stereocenters. The highest BCUT2D eigenvalue weighted by Crippen LogP contribution is 2.35. The number of hydrogen-bond acceptors (Lipinski definition) is 2. The summed E-state index contributed by atoms with van der Waals surface area (Å²) >= 11 is 0. The molecule has 27 heavy (non-hydrogen) atoms. The first-order chi connectivity index (χ1) is 12.8. The van der Waals surface area contributed by atoms with Crippen LogP contribution in [0.25, 0.3) is 0 Å². The smallest absolute Gasteiger partial charge is 0.339 e. The predicted octanol–water partition coefficient (Wildman–Crippen LogP) is 3.96. The molecule has 1 unspecified atom stereocenters. The molecular formula is C19H24F3N3O2. The second kappa shape index (κ2) is 7.78. The Kier molecular flexibility index (Phi) is 5.62. The molecule has 0 radical (unpaired) electrons. The highest BCUT2D eigenvalue weighted by atomic mass is 19.4. The molecule has 2 fully saturated rings. The molecule has 1 aromatic rings. The third-order valence-electron chi connectivity index (χ3n) is 5.36. The molecule has 1 saturated heterocycles. The number of anilines is 1. The van der Waals surface area contributed by atoms with E-state index in [1.54, 1.807) is 0 Å². The third-order valence-corrected chi connectivity index (χ3v) is 5.36. The first-order valence-corrected chi connectivity index (χ1v) is 9.23. The highest BCUT2D eigenvalue weighted by molar-refractivity contribution is 5.90. The van der Waals surface area contributed by atoms with Crippen molar-refractivity contribution in [2.45, 2.75) is 44.3 Å². The minimum atomic E-state index is -4.54. The van der Waals surface area contributed by atoms with Crippen LogP contribution < -0.4 is 5.32 Å². The van der Waals surface area contributed by atoms with Crippen LogP contribution in [-0.2, 0) is 11.0 Å². The Morgan fingerprint density at radius 1 is 1.26 bits per heavy atom. The third kappa shape index (κ3) is 4.54. The van der Waals surface area contributed by atoms with Crippen LogP contribution in [0.4, 0.5) is 23.7 Å². The van der Waals surface area contributed by atoms with E-state index >= 15 is 0 Å². The number of carbonyl (C=O) groups excluding carboxylic acids is 2. The molecule has 1 saturated carbocycles. The topological polar surface area (TPSA) is 52.7 Å². The molecule has 1 N–H and O–H groups in total. The lowest BCUT2D eigenvalue weighted by Crippen LogP contribution is -2.38. The molecule has 1 aliphatic carbocycles. The number of benzene rings is 1. The second-order valence-corrected chi connectivity index (χ2v) is 7.41. The minimum absolute atomic E-state index is 0.00621. The van der Waals surface area contributed by atoms with Gasteiger partial charge in [-0.15, -0.1) is 0 Å². The summed E-state index contributed by atoms with van der Waals surface area (Å²) in [6.45, 7) is 0.940. The maximum Gasteiger partial charge on any atom is 0.418 e. The normalized spacial score (nSPS) is 21.0. The van der Waals surface area contributed by atoms with E-state index in [4.69, 9.17) is 0 Å². The van der Waals surface area contributed by atoms with Gasteiger partial charge < -0.3 is 15.1 Å². The number of rotatable bonds is 4. The molecule has 3 rings (SSSR count). The predicted molar refractivity (Wildman–Crippen MR) is 95.2 cm³/mol. The Hall–Kier alpha value is -2.25. The van der Waals surface area contributed by atoms with Gasteiger partial charge in [-0.3, -0.25) is 4.79 Å². The Morgan fingerprint density at radius 2 is 1.93 bits per heavy atom. The maximum absolute atomic E-state index is 13.1. The number of hydrogen-bond donors (Lipinski definition) is 1. The number of nitrogens with one attached hydrogen (secondary N) is 1. The number of nitrogens with zero attached hydrogens (tertiary/aromatic N) is 2. The van der Waals surface area contributed by atoms with Gasteiger partial charge in [0.25, 0.3) is 0 Å². The van der Waals surface area contributed by atoms with Crippen molar-refractivity contribution in [2.75, 3.05) is 25.5 Å². The number of carbonyl (C=O) groups is 2. The van der Waals surface area contributed by atoms with Crippen molar-refractivity contribution in [1.82, 2.24) is 9.80 Å². The summed E-state index contributed by atoms with van der Waals surface area (Å²) in [5, 5.41) is 2.34. The van der Waals surface area contributed by atoms with E-state index in [1.807, 2.05) is 4.90 Å². The van der Waals surface area contributed by atoms with Gasteiger partial charge in [-0.1, -0.05) is 25.0 Å². The van der Waals surface area contributed by atoms with Crippen LogP contribution in [0.2, 0.25) is 0 Å². The van der Waals surface area contributed by atoms with E-state index in [1.165, 1.54) is 30.1 Å². The summed E-state index contributed by atoms with van der Waals surface area (Å²) in [7, 11) is 1.54. The average Bonchev–Trinajstić information content (AvgIpc) is 3.23. The van der Waals surface area contributed by atoms with Crippen molar-refractivity contribution in [3.8, 4) is 0 Å². The minimum Gasteiger partial charge on any atom is -0.339 e. The fourth-order valence-electron chi connectivity index (χ4n) is 4.02. The van der Waals surface area contributed by atoms with Crippen LogP contribution >= 0.6 is 0 Å². The zero-order valence-corrected chi connectivity index (χ0v) is 15.3. The molecular weight excluding hydrogens is 359 g/mol. The summed E-state index contributed by atoms with van der Waals surface area (Å²) in [6.07, 6.45) is 0.182. The number of amides is 3. The molecule has 2 aliphatic rings. The van der Waals surface area contributed by atoms with E-state index in [9.17, 15) is 22.8 Å². The van der Waals surface area contributed by atoms with Crippen LogP contribution in [0, 0.1) is 5.92 Å². The monoisotopic (exact) mass is 383 g/mol. The Balaban J connectivity index is 1.58. The number of likely N-dealkylation sites (tertiary alicyclic amines) is 1. The van der Waals surface area contributed by atoms with Crippen molar-refractivity contribution in [3.05, 3.63) is 29.8 Å². The molecule has 0 bridgehead atoms. The fraction of sp³-hybridized carbons (Fsp3) is 0.579. The fourth-order valence-corrected chi connectivity index (χ4v) is 4.02. The first-order valence-electron chi connectivity index (χ1n) is 9.23. The zero-order valence-electron chi connectivity index (χ0n) is 15.3. The van der Waals surface area contributed by atoms with E-state index < -0.39 is 17.8 Å². The standard InChI is InChI=1S/C19H24F3N3O2/c1-24(11-13-10-17(26)25(12-13)14-6-2-3-7-14)18(27)23-16-9-5-4-8-15(16)19(20,21)22/h4-5,8-9,13-14H,2-3,6-7,10-12H2,1H3,(H,23,27). The molecule has 8 heteroatoms. The average molecular weight is 383 g/mol. The van der Waals surface area contributed by atoms with Gasteiger partial charge in [0, 0.05) is 38.5 Å². The van der Waals surface area contributed by atoms with Gasteiger partial charge in [0.15, 0.2) is 0 Å².